The molecule has 1 nitrogen and oxygen atoms in total. The fraction of sp³-hybridized carbons (Fsp3) is 0.812. The van der Waals surface area contributed by atoms with E-state index < -0.39 is 0 Å². The molecular formula is C32H58N+. The Morgan fingerprint density at radius 3 is 1.39 bits per heavy atom. The Morgan fingerprint density at radius 1 is 0.515 bits per heavy atom. The first-order valence-electron chi connectivity index (χ1n) is 15.3. The van der Waals surface area contributed by atoms with E-state index in [1.54, 1.807) is 11.3 Å². The second kappa shape index (κ2) is 18.5. The quantitative estimate of drug-likeness (QED) is 0.120. The third kappa shape index (κ3) is 11.4. The van der Waals surface area contributed by atoms with Gasteiger partial charge in [-0.1, -0.05) is 135 Å². The van der Waals surface area contributed by atoms with E-state index in [1.165, 1.54) is 159 Å². The van der Waals surface area contributed by atoms with Gasteiger partial charge in [0.15, 0.2) is 0 Å². The fourth-order valence-electron chi connectivity index (χ4n) is 6.02. The summed E-state index contributed by atoms with van der Waals surface area (Å²) in [5, 5.41) is 0. The number of fused-ring (bicyclic) bond motifs is 1. The van der Waals surface area contributed by atoms with Gasteiger partial charge in [0.25, 0.3) is 0 Å². The van der Waals surface area contributed by atoms with Crippen molar-refractivity contribution >= 4 is 5.69 Å². The average molecular weight is 457 g/mol. The number of hydrogen-bond acceptors (Lipinski definition) is 0. The Hall–Kier alpha value is -0.820. The van der Waals surface area contributed by atoms with Gasteiger partial charge in [0, 0.05) is 12.0 Å². The highest BCUT2D eigenvalue weighted by Gasteiger charge is 2.36. The van der Waals surface area contributed by atoms with Gasteiger partial charge in [0.05, 0.1) is 19.6 Å². The third-order valence-electron chi connectivity index (χ3n) is 8.19. The topological polar surface area (TPSA) is 0 Å². The van der Waals surface area contributed by atoms with Crippen LogP contribution < -0.4 is 4.48 Å². The second-order valence-corrected chi connectivity index (χ2v) is 11.1. The van der Waals surface area contributed by atoms with Gasteiger partial charge in [-0.25, -0.2) is 0 Å². The Bertz CT molecular complexity index is 580. The molecule has 1 aromatic rings. The van der Waals surface area contributed by atoms with E-state index in [9.17, 15) is 0 Å². The van der Waals surface area contributed by atoms with Crippen molar-refractivity contribution in [1.29, 1.82) is 0 Å². The van der Waals surface area contributed by atoms with Gasteiger partial charge in [0.2, 0.25) is 0 Å². The predicted octanol–water partition coefficient (Wildman–Crippen LogP) is 10.4. The maximum atomic E-state index is 2.44. The molecule has 0 aliphatic carbocycles. The van der Waals surface area contributed by atoms with Crippen LogP contribution in [0.1, 0.15) is 148 Å². The summed E-state index contributed by atoms with van der Waals surface area (Å²) in [5.41, 5.74) is 3.29. The predicted molar refractivity (Wildman–Crippen MR) is 150 cm³/mol. The molecule has 0 N–H and O–H groups in total. The molecule has 2 rings (SSSR count). The first-order valence-corrected chi connectivity index (χ1v) is 15.3. The Balaban J connectivity index is 1.50. The van der Waals surface area contributed by atoms with Gasteiger partial charge < -0.3 is 0 Å². The molecule has 190 valence electrons. The molecule has 1 aliphatic heterocycles. The normalized spacial score (nSPS) is 17.5. The van der Waals surface area contributed by atoms with Crippen LogP contribution in [-0.4, -0.2) is 19.6 Å². The Kier molecular flexibility index (Phi) is 15.9. The van der Waals surface area contributed by atoms with E-state index in [0.717, 1.165) is 0 Å². The molecule has 1 heteroatoms. The van der Waals surface area contributed by atoms with E-state index in [0.29, 0.717) is 0 Å². The largest absolute Gasteiger partial charge is 0.291 e. The van der Waals surface area contributed by atoms with Crippen molar-refractivity contribution in [1.82, 2.24) is 4.48 Å². The maximum absolute atomic E-state index is 2.44. The van der Waals surface area contributed by atoms with Crippen molar-refractivity contribution < 1.29 is 0 Å². The molecule has 0 radical (unpaired) electrons. The molecule has 1 heterocycles. The summed E-state index contributed by atoms with van der Waals surface area (Å²) in [4.78, 5) is 0. The van der Waals surface area contributed by atoms with Crippen LogP contribution in [0, 0.1) is 0 Å². The molecule has 0 fully saturated rings. The van der Waals surface area contributed by atoms with Crippen molar-refractivity contribution in [2.24, 2.45) is 0 Å². The lowest BCUT2D eigenvalue weighted by Crippen LogP contribution is -2.49. The summed E-state index contributed by atoms with van der Waals surface area (Å²) in [6.07, 6.45) is 30.2. The van der Waals surface area contributed by atoms with Gasteiger partial charge in [-0.2, -0.15) is 0 Å². The van der Waals surface area contributed by atoms with Crippen LogP contribution >= 0.6 is 0 Å². The fourth-order valence-corrected chi connectivity index (χ4v) is 6.02. The zero-order valence-corrected chi connectivity index (χ0v) is 22.7. The molecule has 33 heavy (non-hydrogen) atoms. The molecule has 0 aromatic heterocycles. The monoisotopic (exact) mass is 456 g/mol. The van der Waals surface area contributed by atoms with Crippen LogP contribution in [0.15, 0.2) is 24.3 Å². The highest BCUT2D eigenvalue weighted by atomic mass is 15.4. The summed E-state index contributed by atoms with van der Waals surface area (Å²) in [7, 11) is 0. The van der Waals surface area contributed by atoms with Crippen LogP contribution in [0.25, 0.3) is 0 Å². The number of para-hydroxylation sites is 1. The van der Waals surface area contributed by atoms with Crippen molar-refractivity contribution in [3.05, 3.63) is 29.8 Å². The molecular weight excluding hydrogens is 398 g/mol. The lowest BCUT2D eigenvalue weighted by Gasteiger charge is -2.35. The van der Waals surface area contributed by atoms with Crippen molar-refractivity contribution in [2.45, 2.75) is 149 Å². The van der Waals surface area contributed by atoms with E-state index in [1.807, 2.05) is 0 Å². The third-order valence-corrected chi connectivity index (χ3v) is 8.19. The number of quaternary nitrogens is 1. The summed E-state index contributed by atoms with van der Waals surface area (Å²) in [6.45, 7) is 8.73. The number of hydrogen-bond donors (Lipinski definition) is 0. The van der Waals surface area contributed by atoms with Crippen LogP contribution in [0.5, 0.6) is 0 Å². The lowest BCUT2D eigenvalue weighted by molar-refractivity contribution is 0.279. The van der Waals surface area contributed by atoms with Gasteiger partial charge in [-0.05, 0) is 31.7 Å². The minimum Gasteiger partial charge on any atom is -0.291 e. The van der Waals surface area contributed by atoms with E-state index in [-0.39, 0.29) is 0 Å². The summed E-state index contributed by atoms with van der Waals surface area (Å²) < 4.78 is 1.29. The Labute approximate surface area is 208 Å². The van der Waals surface area contributed by atoms with Gasteiger partial charge in [-0.3, -0.25) is 4.48 Å². The van der Waals surface area contributed by atoms with Crippen molar-refractivity contribution in [2.75, 3.05) is 19.6 Å². The summed E-state index contributed by atoms with van der Waals surface area (Å²) in [5.74, 6) is 0. The molecule has 0 saturated carbocycles. The molecule has 1 unspecified atom stereocenters. The highest BCUT2D eigenvalue weighted by molar-refractivity contribution is 5.54. The molecule has 1 atom stereocenters. The van der Waals surface area contributed by atoms with Crippen LogP contribution in [-0.2, 0) is 6.42 Å². The SMILES string of the molecule is CCCCCCCCCCCCCCCCCC[N+]1(CCCCCC)CCc2ccccc21. The second-order valence-electron chi connectivity index (χ2n) is 11.1. The van der Waals surface area contributed by atoms with Crippen molar-refractivity contribution in [3.8, 4) is 0 Å². The smallest absolute Gasteiger partial charge is 0.136 e. The van der Waals surface area contributed by atoms with Crippen LogP contribution in [0.2, 0.25) is 0 Å². The van der Waals surface area contributed by atoms with Gasteiger partial charge >= 0.3 is 0 Å². The minimum absolute atomic E-state index is 1.29. The standard InChI is InChI=1S/C32H58N/c1-3-5-7-9-10-11-12-13-14-15-16-17-18-19-20-24-29-33(28-23-8-6-4-2)30-27-31-25-21-22-26-32(31)33/h21-22,25-26H,3-20,23-24,27-30H2,1-2H3/q+1. The van der Waals surface area contributed by atoms with E-state index in [2.05, 4.69) is 38.1 Å². The first kappa shape index (κ1) is 28.4. The van der Waals surface area contributed by atoms with Gasteiger partial charge in [-0.15, -0.1) is 0 Å². The highest BCUT2D eigenvalue weighted by Crippen LogP contribution is 2.35. The molecule has 0 bridgehead atoms. The number of unbranched alkanes of at least 4 members (excludes halogenated alkanes) is 18. The maximum Gasteiger partial charge on any atom is 0.136 e. The van der Waals surface area contributed by atoms with E-state index >= 15 is 0 Å². The lowest BCUT2D eigenvalue weighted by atomic mass is 10.0. The number of rotatable bonds is 22. The molecule has 1 aliphatic rings. The van der Waals surface area contributed by atoms with Crippen molar-refractivity contribution in [3.63, 3.8) is 0 Å². The molecule has 0 saturated heterocycles. The Morgan fingerprint density at radius 2 is 0.909 bits per heavy atom. The zero-order valence-electron chi connectivity index (χ0n) is 22.7. The summed E-state index contributed by atoms with van der Waals surface area (Å²) >= 11 is 0. The van der Waals surface area contributed by atoms with Crippen LogP contribution in [0.4, 0.5) is 5.69 Å². The van der Waals surface area contributed by atoms with E-state index in [4.69, 9.17) is 0 Å². The van der Waals surface area contributed by atoms with Gasteiger partial charge in [0.1, 0.15) is 5.69 Å². The van der Waals surface area contributed by atoms with Crippen LogP contribution in [0.3, 0.4) is 0 Å². The molecule has 0 spiro atoms. The summed E-state index contributed by atoms with van der Waals surface area (Å²) in [6, 6.07) is 9.34. The number of nitrogens with zero attached hydrogens (tertiary/aromatic N) is 1. The molecule has 0 amide bonds. The zero-order chi connectivity index (χ0) is 23.5. The minimum atomic E-state index is 1.29. The average Bonchev–Trinajstić information content (AvgIpc) is 3.20. The molecule has 1 aromatic carbocycles. The number of benzene rings is 1. The first-order chi connectivity index (χ1) is 16.3.